The van der Waals surface area contributed by atoms with E-state index in [-0.39, 0.29) is 29.8 Å². The van der Waals surface area contributed by atoms with Gasteiger partial charge < -0.3 is 10.6 Å². The maximum Gasteiger partial charge on any atom is 0.231 e. The molecule has 1 aromatic rings. The molecule has 0 spiro atoms. The quantitative estimate of drug-likeness (QED) is 0.856. The molecule has 3 nitrogen and oxygen atoms in total. The highest BCUT2D eigenvalue weighted by Crippen LogP contribution is 2.38. The molecule has 1 fully saturated rings. The fraction of sp³-hybridized carbons (Fsp3) is 0.562. The minimum atomic E-state index is -0.378. The molecule has 0 radical (unpaired) electrons. The van der Waals surface area contributed by atoms with E-state index in [0.29, 0.717) is 0 Å². The van der Waals surface area contributed by atoms with Crippen molar-refractivity contribution in [1.29, 1.82) is 0 Å². The Morgan fingerprint density at radius 2 is 2.19 bits per heavy atom. The molecule has 116 valence electrons. The van der Waals surface area contributed by atoms with Crippen molar-refractivity contribution in [3.05, 3.63) is 28.8 Å². The number of hydrogen-bond acceptors (Lipinski definition) is 2. The Hall–Kier alpha value is -0.770. The number of amides is 1. The summed E-state index contributed by atoms with van der Waals surface area (Å²) in [6.45, 7) is 2.74. The topological polar surface area (TPSA) is 46.3 Å². The van der Waals surface area contributed by atoms with Gasteiger partial charge in [0.05, 0.1) is 5.92 Å². The highest BCUT2D eigenvalue weighted by atomic mass is 35.5. The van der Waals surface area contributed by atoms with Crippen molar-refractivity contribution in [2.24, 2.45) is 11.7 Å². The number of anilines is 1. The van der Waals surface area contributed by atoms with Gasteiger partial charge in [0.15, 0.2) is 0 Å². The van der Waals surface area contributed by atoms with Gasteiger partial charge in [-0.2, -0.15) is 0 Å². The maximum absolute atomic E-state index is 12.9. The third-order valence-corrected chi connectivity index (χ3v) is 5.14. The lowest BCUT2D eigenvalue weighted by atomic mass is 9.74. The molecule has 2 unspecified atom stereocenters. The Bertz CT molecular complexity index is 545. The van der Waals surface area contributed by atoms with Crippen LogP contribution in [0.1, 0.15) is 38.2 Å². The smallest absolute Gasteiger partial charge is 0.231 e. The Morgan fingerprint density at radius 3 is 2.90 bits per heavy atom. The molecule has 1 aromatic carbocycles. The monoisotopic (exact) mass is 328 g/mol. The molecule has 5 heteroatoms. The molecule has 0 aromatic heterocycles. The number of carbonyl (C=O) groups is 1. The van der Waals surface area contributed by atoms with Crippen LogP contribution in [-0.4, -0.2) is 18.0 Å². The van der Waals surface area contributed by atoms with Gasteiger partial charge in [0.2, 0.25) is 5.91 Å². The summed E-state index contributed by atoms with van der Waals surface area (Å²) in [5.41, 5.74) is 8.06. The summed E-state index contributed by atoms with van der Waals surface area (Å²) in [5.74, 6) is 0.108. The fourth-order valence-electron chi connectivity index (χ4n) is 3.57. The number of rotatable bonds is 1. The summed E-state index contributed by atoms with van der Waals surface area (Å²) in [4.78, 5) is 14.8. The van der Waals surface area contributed by atoms with Crippen molar-refractivity contribution >= 4 is 35.6 Å². The molecule has 0 bridgehead atoms. The summed E-state index contributed by atoms with van der Waals surface area (Å²) in [5, 5.41) is 0.761. The van der Waals surface area contributed by atoms with Gasteiger partial charge in [0.25, 0.3) is 0 Å². The van der Waals surface area contributed by atoms with E-state index in [0.717, 1.165) is 54.9 Å². The lowest BCUT2D eigenvalue weighted by molar-refractivity contribution is -0.125. The van der Waals surface area contributed by atoms with Gasteiger partial charge in [0, 0.05) is 22.8 Å². The fourth-order valence-corrected chi connectivity index (χ4v) is 3.84. The molecule has 1 aliphatic carbocycles. The van der Waals surface area contributed by atoms with Gasteiger partial charge in [-0.1, -0.05) is 30.5 Å². The summed E-state index contributed by atoms with van der Waals surface area (Å²) in [6, 6.07) is 5.79. The molecule has 1 heterocycles. The zero-order chi connectivity index (χ0) is 14.3. The van der Waals surface area contributed by atoms with Crippen molar-refractivity contribution in [3.8, 4) is 0 Å². The molecule has 2 aliphatic rings. The molecule has 1 saturated carbocycles. The SMILES string of the molecule is CC1(N)CCCCC1C(=O)N1CCc2c(Cl)cccc21.Cl. The first kappa shape index (κ1) is 16.6. The molecular formula is C16H22Cl2N2O. The van der Waals surface area contributed by atoms with Crippen LogP contribution in [-0.2, 0) is 11.2 Å². The predicted octanol–water partition coefficient (Wildman–Crippen LogP) is 3.56. The second kappa shape index (κ2) is 6.15. The van der Waals surface area contributed by atoms with Crippen LogP contribution in [0.5, 0.6) is 0 Å². The van der Waals surface area contributed by atoms with Gasteiger partial charge in [0.1, 0.15) is 0 Å². The average Bonchev–Trinajstić information content (AvgIpc) is 2.83. The highest BCUT2D eigenvalue weighted by Gasteiger charge is 2.41. The number of fused-ring (bicyclic) bond motifs is 1. The summed E-state index contributed by atoms with van der Waals surface area (Å²) in [7, 11) is 0. The molecule has 2 N–H and O–H groups in total. The Labute approximate surface area is 137 Å². The van der Waals surface area contributed by atoms with E-state index >= 15 is 0 Å². The first-order valence-electron chi connectivity index (χ1n) is 7.38. The van der Waals surface area contributed by atoms with Crippen molar-refractivity contribution in [1.82, 2.24) is 0 Å². The lowest BCUT2D eigenvalue weighted by Crippen LogP contribution is -2.53. The van der Waals surface area contributed by atoms with Crippen molar-refractivity contribution in [2.75, 3.05) is 11.4 Å². The molecular weight excluding hydrogens is 307 g/mol. The molecule has 21 heavy (non-hydrogen) atoms. The van der Waals surface area contributed by atoms with Crippen molar-refractivity contribution < 1.29 is 4.79 Å². The van der Waals surface area contributed by atoms with E-state index in [1.165, 1.54) is 0 Å². The van der Waals surface area contributed by atoms with Crippen LogP contribution in [0.15, 0.2) is 18.2 Å². The van der Waals surface area contributed by atoms with Gasteiger partial charge in [-0.15, -0.1) is 12.4 Å². The van der Waals surface area contributed by atoms with E-state index in [1.807, 2.05) is 30.0 Å². The second-order valence-corrected chi connectivity index (χ2v) is 6.69. The molecule has 1 amide bonds. The van der Waals surface area contributed by atoms with Crippen LogP contribution in [0.4, 0.5) is 5.69 Å². The first-order valence-corrected chi connectivity index (χ1v) is 7.76. The molecule has 2 atom stereocenters. The number of carbonyl (C=O) groups excluding carboxylic acids is 1. The number of halogens is 2. The van der Waals surface area contributed by atoms with E-state index in [9.17, 15) is 4.79 Å². The van der Waals surface area contributed by atoms with E-state index in [1.54, 1.807) is 0 Å². The Kier molecular flexibility index (Phi) is 4.86. The van der Waals surface area contributed by atoms with Gasteiger partial charge in [-0.05, 0) is 43.9 Å². The summed E-state index contributed by atoms with van der Waals surface area (Å²) in [6.07, 6.45) is 4.89. The minimum Gasteiger partial charge on any atom is -0.325 e. The predicted molar refractivity (Wildman–Crippen MR) is 89.3 cm³/mol. The number of nitrogens with zero attached hydrogens (tertiary/aromatic N) is 1. The lowest BCUT2D eigenvalue weighted by Gasteiger charge is -2.39. The number of nitrogens with two attached hydrogens (primary N) is 1. The number of hydrogen-bond donors (Lipinski definition) is 1. The van der Waals surface area contributed by atoms with Gasteiger partial charge >= 0.3 is 0 Å². The molecule has 1 aliphatic heterocycles. The maximum atomic E-state index is 12.9. The van der Waals surface area contributed by atoms with Crippen LogP contribution in [0.3, 0.4) is 0 Å². The van der Waals surface area contributed by atoms with Crippen LogP contribution in [0.2, 0.25) is 5.02 Å². The first-order chi connectivity index (χ1) is 9.50. The van der Waals surface area contributed by atoms with Crippen molar-refractivity contribution in [3.63, 3.8) is 0 Å². The zero-order valence-electron chi connectivity index (χ0n) is 12.3. The standard InChI is InChI=1S/C16H21ClN2O.ClH/c1-16(18)9-3-2-5-12(16)15(20)19-10-8-11-13(17)6-4-7-14(11)19;/h4,6-7,12H,2-3,5,8-10,18H2,1H3;1H. The normalized spacial score (nSPS) is 28.0. The summed E-state index contributed by atoms with van der Waals surface area (Å²) >= 11 is 6.22. The second-order valence-electron chi connectivity index (χ2n) is 6.28. The minimum absolute atomic E-state index is 0. The van der Waals surface area contributed by atoms with E-state index in [4.69, 9.17) is 17.3 Å². The van der Waals surface area contributed by atoms with Gasteiger partial charge in [-0.3, -0.25) is 4.79 Å². The number of benzene rings is 1. The highest BCUT2D eigenvalue weighted by molar-refractivity contribution is 6.32. The molecule has 0 saturated heterocycles. The summed E-state index contributed by atoms with van der Waals surface area (Å²) < 4.78 is 0. The average molecular weight is 329 g/mol. The van der Waals surface area contributed by atoms with Crippen LogP contribution < -0.4 is 10.6 Å². The van der Waals surface area contributed by atoms with Crippen molar-refractivity contribution in [2.45, 2.75) is 44.6 Å². The van der Waals surface area contributed by atoms with Crippen LogP contribution in [0.25, 0.3) is 0 Å². The Morgan fingerprint density at radius 1 is 1.43 bits per heavy atom. The third-order valence-electron chi connectivity index (χ3n) is 4.79. The molecule has 3 rings (SSSR count). The zero-order valence-corrected chi connectivity index (χ0v) is 13.8. The van der Waals surface area contributed by atoms with Gasteiger partial charge in [-0.25, -0.2) is 0 Å². The van der Waals surface area contributed by atoms with E-state index < -0.39 is 0 Å². The largest absolute Gasteiger partial charge is 0.325 e. The van der Waals surface area contributed by atoms with Crippen LogP contribution >= 0.6 is 24.0 Å². The van der Waals surface area contributed by atoms with E-state index in [2.05, 4.69) is 0 Å². The third kappa shape index (κ3) is 2.92. The van der Waals surface area contributed by atoms with Crippen LogP contribution in [0, 0.1) is 5.92 Å². The Balaban J connectivity index is 0.00000161.